The van der Waals surface area contributed by atoms with Gasteiger partial charge in [-0.2, -0.15) is 0 Å². The lowest BCUT2D eigenvalue weighted by atomic mass is 9.99. The maximum atomic E-state index is 14.3. The Bertz CT molecular complexity index is 2210. The van der Waals surface area contributed by atoms with Crippen LogP contribution in [0.25, 0.3) is 0 Å². The number of aliphatic hydroxyl groups is 1. The fourth-order valence-electron chi connectivity index (χ4n) is 8.88. The average molecular weight is 1070 g/mol. The number of nitrogens with one attached hydrogen (secondary N) is 7. The molecular weight excluding hydrogens is 993 g/mol. The molecule has 3 rings (SSSR count). The minimum Gasteiger partial charge on any atom is -0.508 e. The lowest BCUT2D eigenvalue weighted by molar-refractivity contribution is -0.143. The van der Waals surface area contributed by atoms with E-state index in [4.69, 9.17) is 22.9 Å². The topological polar surface area (TPSA) is 437 Å². The van der Waals surface area contributed by atoms with Crippen LogP contribution in [-0.4, -0.2) is 147 Å². The van der Waals surface area contributed by atoms with Gasteiger partial charge >= 0.3 is 0 Å². The fraction of sp³-hybridized carbons (Fsp3) is 0.640. The molecule has 0 aromatic heterocycles. The van der Waals surface area contributed by atoms with E-state index in [1.54, 1.807) is 0 Å². The Kier molecular flexibility index (Phi) is 26.6. The van der Waals surface area contributed by atoms with Crippen LogP contribution in [0.4, 0.5) is 0 Å². The van der Waals surface area contributed by atoms with Crippen LogP contribution in [0.5, 0.6) is 5.75 Å². The van der Waals surface area contributed by atoms with Gasteiger partial charge in [-0.1, -0.05) is 83.8 Å². The number of amides is 12. The molecule has 17 N–H and O–H groups in total. The molecule has 1 aromatic carbocycles. The molecule has 0 radical (unpaired) electrons. The van der Waals surface area contributed by atoms with Gasteiger partial charge in [-0.3, -0.25) is 57.5 Å². The van der Waals surface area contributed by atoms with Gasteiger partial charge in [0.05, 0.1) is 25.9 Å². The van der Waals surface area contributed by atoms with Crippen molar-refractivity contribution in [3.63, 3.8) is 0 Å². The maximum absolute atomic E-state index is 14.3. The molecule has 26 nitrogen and oxygen atoms in total. The number of fused-ring (bicyclic) bond motifs is 1. The molecule has 76 heavy (non-hydrogen) atoms. The van der Waals surface area contributed by atoms with Crippen LogP contribution in [0, 0.1) is 5.92 Å². The van der Waals surface area contributed by atoms with Gasteiger partial charge in [0.2, 0.25) is 70.9 Å². The van der Waals surface area contributed by atoms with Crippen LogP contribution in [-0.2, 0) is 64.0 Å². The van der Waals surface area contributed by atoms with Gasteiger partial charge in [0, 0.05) is 31.8 Å². The number of primary amides is 4. The van der Waals surface area contributed by atoms with Gasteiger partial charge in [-0.15, -0.1) is 0 Å². The Morgan fingerprint density at radius 2 is 1.07 bits per heavy atom. The summed E-state index contributed by atoms with van der Waals surface area (Å²) in [6, 6.07) is -7.36. The molecule has 0 saturated carbocycles. The highest BCUT2D eigenvalue weighted by Crippen LogP contribution is 2.21. The Balaban J connectivity index is 2.11. The van der Waals surface area contributed by atoms with Crippen molar-refractivity contribution in [2.24, 2.45) is 28.9 Å². The number of hydrogen-bond donors (Lipinski definition) is 13. The standard InChI is InChI=1S/C50H78N12O14/c1-3-28(2)12-9-7-5-4-6-8-10-13-30-23-43(69)56-34(24-40(52)66)46(72)58-33(22-29-15-17-31(64)18-16-29)45(71)59-36(26-42(54)68)47(73)57-32(19-20-39(51)65)50(76)62-21-11-14-38(62)49(75)61-37(27-63)48(74)60-35(25-41(53)67)44(70)55-30/h15-18,28,30,32-38,63-64H,3-14,19-27H2,1-2H3,(H2,51,65)(H2,52,66)(H2,53,67)(H2,54,68)(H,55,70)(H,56,69)(H,57,73)(H,58,72)(H,59,71)(H,60,74)(H,61,75). The maximum Gasteiger partial charge on any atom is 0.245 e. The Morgan fingerprint density at radius 3 is 1.61 bits per heavy atom. The molecule has 2 fully saturated rings. The number of phenolic OH excluding ortho intramolecular Hbond substituents is 1. The summed E-state index contributed by atoms with van der Waals surface area (Å²) in [7, 11) is 0. The molecular formula is C50H78N12O14. The second-order valence-corrected chi connectivity index (χ2v) is 19.7. The van der Waals surface area contributed by atoms with E-state index in [2.05, 4.69) is 51.1 Å². The predicted molar refractivity (Wildman–Crippen MR) is 273 cm³/mol. The van der Waals surface area contributed by atoms with Gasteiger partial charge in [0.15, 0.2) is 0 Å². The molecule has 2 aliphatic heterocycles. The number of carbonyl (C=O) groups excluding carboxylic acids is 12. The summed E-state index contributed by atoms with van der Waals surface area (Å²) in [5.74, 6) is -11.9. The third kappa shape index (κ3) is 22.2. The predicted octanol–water partition coefficient (Wildman–Crippen LogP) is -2.84. The molecule has 0 aliphatic carbocycles. The van der Waals surface area contributed by atoms with Crippen LogP contribution in [0.3, 0.4) is 0 Å². The quantitative estimate of drug-likeness (QED) is 0.0492. The number of carbonyl (C=O) groups is 12. The monoisotopic (exact) mass is 1070 g/mol. The lowest BCUT2D eigenvalue weighted by Crippen LogP contribution is -2.60. The molecule has 0 spiro atoms. The number of nitrogens with zero attached hydrogens (tertiary/aromatic N) is 1. The third-order valence-electron chi connectivity index (χ3n) is 13.3. The van der Waals surface area contributed by atoms with E-state index < -0.39 is 164 Å². The fourth-order valence-corrected chi connectivity index (χ4v) is 8.88. The van der Waals surface area contributed by atoms with Crippen LogP contribution < -0.4 is 60.2 Å². The summed E-state index contributed by atoms with van der Waals surface area (Å²) in [4.78, 5) is 162. The summed E-state index contributed by atoms with van der Waals surface area (Å²) in [5.41, 5.74) is 22.2. The number of rotatable bonds is 23. The van der Waals surface area contributed by atoms with Crippen molar-refractivity contribution in [2.75, 3.05) is 13.2 Å². The molecule has 12 amide bonds. The van der Waals surface area contributed by atoms with Gasteiger partial charge in [0.25, 0.3) is 0 Å². The second kappa shape index (κ2) is 32.1. The highest BCUT2D eigenvalue weighted by molar-refractivity contribution is 6.00. The number of aromatic hydroxyl groups is 1. The third-order valence-corrected chi connectivity index (χ3v) is 13.3. The number of unbranched alkanes of at least 4 members (excludes halogenated alkanes) is 6. The van der Waals surface area contributed by atoms with Gasteiger partial charge in [0.1, 0.15) is 48.0 Å². The average Bonchev–Trinajstić information content (AvgIpc) is 3.85. The normalized spacial score (nSPS) is 24.2. The van der Waals surface area contributed by atoms with Crippen molar-refractivity contribution in [3.8, 4) is 5.75 Å². The first-order chi connectivity index (χ1) is 36.0. The zero-order valence-electron chi connectivity index (χ0n) is 43.4. The molecule has 2 saturated heterocycles. The van der Waals surface area contributed by atoms with Crippen LogP contribution in [0.15, 0.2) is 24.3 Å². The molecule has 26 heteroatoms. The van der Waals surface area contributed by atoms with Crippen molar-refractivity contribution in [2.45, 2.75) is 184 Å². The summed E-state index contributed by atoms with van der Waals surface area (Å²) in [6.07, 6.45) is 4.56. The van der Waals surface area contributed by atoms with Gasteiger partial charge in [-0.05, 0) is 49.3 Å². The lowest BCUT2D eigenvalue weighted by Gasteiger charge is -2.30. The highest BCUT2D eigenvalue weighted by atomic mass is 16.3. The minimum absolute atomic E-state index is 0.0165. The summed E-state index contributed by atoms with van der Waals surface area (Å²) >= 11 is 0. The van der Waals surface area contributed by atoms with Crippen molar-refractivity contribution in [1.29, 1.82) is 0 Å². The van der Waals surface area contributed by atoms with E-state index in [1.165, 1.54) is 24.3 Å². The second-order valence-electron chi connectivity index (χ2n) is 19.7. The number of nitrogens with two attached hydrogens (primary N) is 4. The van der Waals surface area contributed by atoms with Crippen molar-refractivity contribution >= 4 is 70.9 Å². The summed E-state index contributed by atoms with van der Waals surface area (Å²) < 4.78 is 0. The molecule has 1 aromatic rings. The minimum atomic E-state index is -1.85. The van der Waals surface area contributed by atoms with Crippen molar-refractivity contribution in [1.82, 2.24) is 42.1 Å². The Morgan fingerprint density at radius 1 is 0.592 bits per heavy atom. The van der Waals surface area contributed by atoms with E-state index in [0.29, 0.717) is 24.3 Å². The Labute approximate surface area is 441 Å². The number of hydrogen-bond acceptors (Lipinski definition) is 14. The van der Waals surface area contributed by atoms with Crippen LogP contribution >= 0.6 is 0 Å². The number of phenols is 1. The first kappa shape index (κ1) is 62.9. The van der Waals surface area contributed by atoms with E-state index in [1.807, 2.05) is 0 Å². The SMILES string of the molecule is CCC(C)CCCCCCCCCC1CC(=O)NC(CC(N)=O)C(=O)NC(Cc2ccc(O)cc2)C(=O)NC(CC(N)=O)C(=O)NC(CCC(N)=O)C(=O)N2CCCC2C(=O)NC(CO)C(=O)NC(CC(N)=O)C(=O)N1. The number of aliphatic hydroxyl groups excluding tert-OH is 1. The first-order valence-corrected chi connectivity index (χ1v) is 26.0. The van der Waals surface area contributed by atoms with Crippen molar-refractivity contribution in [3.05, 3.63) is 29.8 Å². The zero-order chi connectivity index (χ0) is 56.5. The molecule has 9 unspecified atom stereocenters. The highest BCUT2D eigenvalue weighted by Gasteiger charge is 2.41. The van der Waals surface area contributed by atoms with E-state index in [-0.39, 0.29) is 38.0 Å². The number of benzene rings is 1. The zero-order valence-corrected chi connectivity index (χ0v) is 43.4. The largest absolute Gasteiger partial charge is 0.508 e. The summed E-state index contributed by atoms with van der Waals surface area (Å²) in [6.45, 7) is 3.26. The van der Waals surface area contributed by atoms with Crippen molar-refractivity contribution < 1.29 is 67.7 Å². The molecule has 2 aliphatic rings. The molecule has 9 atom stereocenters. The van der Waals surface area contributed by atoms with Crippen LogP contribution in [0.1, 0.15) is 135 Å². The van der Waals surface area contributed by atoms with E-state index in [0.717, 1.165) is 49.8 Å². The molecule has 0 bridgehead atoms. The van der Waals surface area contributed by atoms with Gasteiger partial charge in [-0.25, -0.2) is 0 Å². The Hall–Kier alpha value is -7.38. The van der Waals surface area contributed by atoms with E-state index in [9.17, 15) is 67.7 Å². The van der Waals surface area contributed by atoms with Gasteiger partial charge < -0.3 is 75.3 Å². The smallest absolute Gasteiger partial charge is 0.245 e. The van der Waals surface area contributed by atoms with Crippen LogP contribution in [0.2, 0.25) is 0 Å². The summed E-state index contributed by atoms with van der Waals surface area (Å²) in [5, 5.41) is 37.2. The molecule has 2 heterocycles. The molecule has 422 valence electrons. The first-order valence-electron chi connectivity index (χ1n) is 26.0. The van der Waals surface area contributed by atoms with E-state index >= 15 is 0 Å².